The third-order valence-electron chi connectivity index (χ3n) is 2.80. The van der Waals surface area contributed by atoms with Crippen molar-refractivity contribution in [1.29, 1.82) is 0 Å². The molecular weight excluding hydrogens is 246 g/mol. The average molecular weight is 260 g/mol. The molecule has 0 heterocycles. The van der Waals surface area contributed by atoms with Crippen molar-refractivity contribution in [3.8, 4) is 0 Å². The first-order valence-electron chi connectivity index (χ1n) is 5.78. The summed E-state index contributed by atoms with van der Waals surface area (Å²) in [5.41, 5.74) is 1.76. The van der Waals surface area contributed by atoms with Gasteiger partial charge in [0, 0.05) is 10.7 Å². The van der Waals surface area contributed by atoms with Crippen LogP contribution in [0.4, 0.5) is 5.69 Å². The van der Waals surface area contributed by atoms with Gasteiger partial charge in [-0.3, -0.25) is 4.79 Å². The van der Waals surface area contributed by atoms with Gasteiger partial charge in [-0.05, 0) is 36.8 Å². The Morgan fingerprint density at radius 2 is 1.67 bits per heavy atom. The summed E-state index contributed by atoms with van der Waals surface area (Å²) in [5.74, 6) is -0.203. The van der Waals surface area contributed by atoms with Crippen LogP contribution in [0.5, 0.6) is 0 Å². The molecule has 18 heavy (non-hydrogen) atoms. The van der Waals surface area contributed by atoms with E-state index in [9.17, 15) is 4.79 Å². The number of nitrogens with one attached hydrogen (secondary N) is 1. The fraction of sp³-hybridized carbons (Fsp3) is 0.133. The molecule has 1 atom stereocenters. The first-order valence-corrected chi connectivity index (χ1v) is 6.16. The van der Waals surface area contributed by atoms with Crippen LogP contribution in [0.3, 0.4) is 0 Å². The summed E-state index contributed by atoms with van der Waals surface area (Å²) < 4.78 is 0. The lowest BCUT2D eigenvalue weighted by atomic mass is 10.0. The number of amides is 1. The zero-order valence-electron chi connectivity index (χ0n) is 10.1. The van der Waals surface area contributed by atoms with Crippen molar-refractivity contribution in [3.63, 3.8) is 0 Å². The van der Waals surface area contributed by atoms with Crippen LogP contribution >= 0.6 is 11.6 Å². The largest absolute Gasteiger partial charge is 0.326 e. The first-order chi connectivity index (χ1) is 8.66. The normalized spacial score (nSPS) is 11.9. The van der Waals surface area contributed by atoms with E-state index in [1.54, 1.807) is 24.3 Å². The zero-order valence-corrected chi connectivity index (χ0v) is 10.8. The Hall–Kier alpha value is -1.80. The second-order valence-corrected chi connectivity index (χ2v) is 4.56. The van der Waals surface area contributed by atoms with Crippen LogP contribution in [0.2, 0.25) is 5.02 Å². The minimum absolute atomic E-state index is 0.0245. The van der Waals surface area contributed by atoms with Crippen molar-refractivity contribution < 1.29 is 4.79 Å². The highest BCUT2D eigenvalue weighted by atomic mass is 35.5. The van der Waals surface area contributed by atoms with Gasteiger partial charge in [0.25, 0.3) is 0 Å². The summed E-state index contributed by atoms with van der Waals surface area (Å²) in [6, 6.07) is 16.8. The molecule has 0 bridgehead atoms. The first kappa shape index (κ1) is 12.7. The van der Waals surface area contributed by atoms with Crippen molar-refractivity contribution in [2.75, 3.05) is 5.32 Å². The van der Waals surface area contributed by atoms with Gasteiger partial charge >= 0.3 is 0 Å². The highest BCUT2D eigenvalue weighted by Crippen LogP contribution is 2.18. The van der Waals surface area contributed by atoms with Crippen LogP contribution < -0.4 is 5.32 Å². The van der Waals surface area contributed by atoms with Gasteiger partial charge in [0.1, 0.15) is 0 Å². The molecule has 3 heteroatoms. The van der Waals surface area contributed by atoms with Gasteiger partial charge in [0.05, 0.1) is 5.92 Å². The molecule has 0 spiro atoms. The highest BCUT2D eigenvalue weighted by Gasteiger charge is 2.14. The van der Waals surface area contributed by atoms with Crippen molar-refractivity contribution in [3.05, 3.63) is 65.2 Å². The SMILES string of the molecule is C[C@H](C(=O)Nc1ccc(Cl)cc1)c1ccccc1. The summed E-state index contributed by atoms with van der Waals surface area (Å²) in [7, 11) is 0. The lowest BCUT2D eigenvalue weighted by Crippen LogP contribution is -2.18. The van der Waals surface area contributed by atoms with E-state index in [1.807, 2.05) is 37.3 Å². The summed E-state index contributed by atoms with van der Waals surface area (Å²) >= 11 is 5.79. The van der Waals surface area contributed by atoms with Gasteiger partial charge in [0.15, 0.2) is 0 Å². The molecule has 0 fully saturated rings. The fourth-order valence-electron chi connectivity index (χ4n) is 1.68. The zero-order chi connectivity index (χ0) is 13.0. The molecule has 0 unspecified atom stereocenters. The molecule has 0 aliphatic heterocycles. The van der Waals surface area contributed by atoms with E-state index >= 15 is 0 Å². The van der Waals surface area contributed by atoms with Gasteiger partial charge in [-0.1, -0.05) is 41.9 Å². The number of hydrogen-bond acceptors (Lipinski definition) is 1. The van der Waals surface area contributed by atoms with Gasteiger partial charge in [0.2, 0.25) is 5.91 Å². The van der Waals surface area contributed by atoms with E-state index in [2.05, 4.69) is 5.32 Å². The topological polar surface area (TPSA) is 29.1 Å². The van der Waals surface area contributed by atoms with Crippen molar-refractivity contribution in [2.45, 2.75) is 12.8 Å². The van der Waals surface area contributed by atoms with E-state index in [0.717, 1.165) is 11.3 Å². The Balaban J connectivity index is 2.06. The average Bonchev–Trinajstić information content (AvgIpc) is 2.41. The lowest BCUT2D eigenvalue weighted by molar-refractivity contribution is -0.117. The number of halogens is 1. The minimum Gasteiger partial charge on any atom is -0.326 e. The third kappa shape index (κ3) is 3.11. The Bertz CT molecular complexity index is 522. The molecule has 2 aromatic carbocycles. The standard InChI is InChI=1S/C15H14ClNO/c1-11(12-5-3-2-4-6-12)15(18)17-14-9-7-13(16)8-10-14/h2-11H,1H3,(H,17,18)/t11-/m0/s1. The second kappa shape index (κ2) is 5.69. The maximum atomic E-state index is 12.1. The fourth-order valence-corrected chi connectivity index (χ4v) is 1.80. The summed E-state index contributed by atoms with van der Waals surface area (Å²) in [4.78, 5) is 12.1. The predicted molar refractivity (Wildman–Crippen MR) is 74.9 cm³/mol. The van der Waals surface area contributed by atoms with Crippen molar-refractivity contribution in [2.24, 2.45) is 0 Å². The van der Waals surface area contributed by atoms with E-state index in [4.69, 9.17) is 11.6 Å². The molecule has 0 radical (unpaired) electrons. The Morgan fingerprint density at radius 1 is 1.06 bits per heavy atom. The molecule has 0 aromatic heterocycles. The maximum Gasteiger partial charge on any atom is 0.231 e. The van der Waals surface area contributed by atoms with Gasteiger partial charge in [-0.15, -0.1) is 0 Å². The minimum atomic E-state index is -0.179. The van der Waals surface area contributed by atoms with Crippen LogP contribution in [0, 0.1) is 0 Å². The van der Waals surface area contributed by atoms with Gasteiger partial charge in [-0.25, -0.2) is 0 Å². The van der Waals surface area contributed by atoms with Crippen molar-refractivity contribution >= 4 is 23.2 Å². The second-order valence-electron chi connectivity index (χ2n) is 4.13. The summed E-state index contributed by atoms with van der Waals surface area (Å²) in [6.07, 6.45) is 0. The van der Waals surface area contributed by atoms with E-state index in [0.29, 0.717) is 5.02 Å². The van der Waals surface area contributed by atoms with E-state index in [1.165, 1.54) is 0 Å². The monoisotopic (exact) mass is 259 g/mol. The number of carbonyl (C=O) groups is 1. The van der Waals surface area contributed by atoms with Crippen LogP contribution in [-0.2, 0) is 4.79 Å². The van der Waals surface area contributed by atoms with Crippen LogP contribution in [0.25, 0.3) is 0 Å². The van der Waals surface area contributed by atoms with E-state index < -0.39 is 0 Å². The predicted octanol–water partition coefficient (Wildman–Crippen LogP) is 4.08. The molecule has 2 nitrogen and oxygen atoms in total. The number of benzene rings is 2. The molecule has 0 aliphatic rings. The number of rotatable bonds is 3. The van der Waals surface area contributed by atoms with Crippen LogP contribution in [0.1, 0.15) is 18.4 Å². The smallest absolute Gasteiger partial charge is 0.231 e. The molecule has 0 saturated heterocycles. The summed E-state index contributed by atoms with van der Waals surface area (Å²) in [6.45, 7) is 1.89. The molecule has 92 valence electrons. The molecular formula is C15H14ClNO. The lowest BCUT2D eigenvalue weighted by Gasteiger charge is -2.12. The molecule has 1 N–H and O–H groups in total. The van der Waals surface area contributed by atoms with Crippen LogP contribution in [-0.4, -0.2) is 5.91 Å². The van der Waals surface area contributed by atoms with Gasteiger partial charge < -0.3 is 5.32 Å². The van der Waals surface area contributed by atoms with Gasteiger partial charge in [-0.2, -0.15) is 0 Å². The molecule has 2 aromatic rings. The maximum absolute atomic E-state index is 12.1. The summed E-state index contributed by atoms with van der Waals surface area (Å²) in [5, 5.41) is 3.53. The van der Waals surface area contributed by atoms with Crippen LogP contribution in [0.15, 0.2) is 54.6 Å². The molecule has 0 aliphatic carbocycles. The Labute approximate surface area is 112 Å². The molecule has 0 saturated carbocycles. The number of anilines is 1. The van der Waals surface area contributed by atoms with E-state index in [-0.39, 0.29) is 11.8 Å². The quantitative estimate of drug-likeness (QED) is 0.884. The molecule has 2 rings (SSSR count). The number of carbonyl (C=O) groups excluding carboxylic acids is 1. The Morgan fingerprint density at radius 3 is 2.28 bits per heavy atom. The third-order valence-corrected chi connectivity index (χ3v) is 3.06. The van der Waals surface area contributed by atoms with Crippen molar-refractivity contribution in [1.82, 2.24) is 0 Å². The number of hydrogen-bond donors (Lipinski definition) is 1. The molecule has 1 amide bonds. The Kier molecular flexibility index (Phi) is 4.00. The highest BCUT2D eigenvalue weighted by molar-refractivity contribution is 6.30.